The third kappa shape index (κ3) is 2.86. The maximum atomic E-state index is 12.1. The molecule has 1 aromatic heterocycles. The van der Waals surface area contributed by atoms with Crippen LogP contribution in [0.3, 0.4) is 0 Å². The van der Waals surface area contributed by atoms with Gasteiger partial charge in [-0.3, -0.25) is 9.52 Å². The summed E-state index contributed by atoms with van der Waals surface area (Å²) in [5, 5.41) is 0.546. The standard InChI is InChI=1S/C16H11NO5S/c18-9-13-15(10-4-2-1-3-5-10)12-7-6-11(17-23(20)21)8-14(12)22-16(13)19/h1-9,23H,(H,17,20,21). The molecule has 116 valence electrons. The molecule has 0 amide bonds. The van der Waals surface area contributed by atoms with Gasteiger partial charge in [-0.25, -0.2) is 13.2 Å². The number of benzene rings is 2. The number of hydrogen-bond donors (Lipinski definition) is 2. The number of thiol groups is 1. The van der Waals surface area contributed by atoms with Gasteiger partial charge < -0.3 is 4.42 Å². The number of carbonyl (C=O) groups is 1. The van der Waals surface area contributed by atoms with Gasteiger partial charge in [-0.2, -0.15) is 0 Å². The highest BCUT2D eigenvalue weighted by Crippen LogP contribution is 2.31. The van der Waals surface area contributed by atoms with Gasteiger partial charge in [0, 0.05) is 17.0 Å². The Balaban J connectivity index is 2.36. The summed E-state index contributed by atoms with van der Waals surface area (Å²) >= 11 is 0. The van der Waals surface area contributed by atoms with E-state index in [1.807, 2.05) is 6.07 Å². The van der Waals surface area contributed by atoms with E-state index in [1.54, 1.807) is 30.3 Å². The largest absolute Gasteiger partial charge is 0.422 e. The lowest BCUT2D eigenvalue weighted by atomic mass is 9.97. The minimum absolute atomic E-state index is 0.0701. The second-order valence-corrected chi connectivity index (χ2v) is 5.48. The quantitative estimate of drug-likeness (QED) is 0.435. The predicted molar refractivity (Wildman–Crippen MR) is 87.2 cm³/mol. The first-order chi connectivity index (χ1) is 11.1. The Hall–Kier alpha value is -2.93. The summed E-state index contributed by atoms with van der Waals surface area (Å²) in [6.07, 6.45) is 0.467. The first-order valence-electron chi connectivity index (χ1n) is 6.62. The van der Waals surface area contributed by atoms with Crippen LogP contribution in [0, 0.1) is 0 Å². The van der Waals surface area contributed by atoms with E-state index in [0.29, 0.717) is 22.8 Å². The summed E-state index contributed by atoms with van der Waals surface area (Å²) in [4.78, 5) is 23.4. The average Bonchev–Trinajstić information content (AvgIpc) is 2.53. The molecule has 0 unspecified atom stereocenters. The highest BCUT2D eigenvalue weighted by Gasteiger charge is 2.16. The molecule has 1 N–H and O–H groups in total. The van der Waals surface area contributed by atoms with Crippen molar-refractivity contribution in [2.45, 2.75) is 0 Å². The maximum absolute atomic E-state index is 12.1. The molecule has 0 fully saturated rings. The van der Waals surface area contributed by atoms with Crippen LogP contribution in [0.1, 0.15) is 10.4 Å². The minimum Gasteiger partial charge on any atom is -0.422 e. The molecule has 2 aromatic carbocycles. The molecule has 0 bridgehead atoms. The highest BCUT2D eigenvalue weighted by molar-refractivity contribution is 7.73. The van der Waals surface area contributed by atoms with E-state index in [4.69, 9.17) is 4.42 Å². The van der Waals surface area contributed by atoms with Gasteiger partial charge in [0.2, 0.25) is 10.9 Å². The summed E-state index contributed by atoms with van der Waals surface area (Å²) in [5.74, 6) is 0. The number of nitrogens with one attached hydrogen (secondary N) is 1. The molecule has 0 aliphatic rings. The Kier molecular flexibility index (Phi) is 3.94. The summed E-state index contributed by atoms with van der Waals surface area (Å²) < 4.78 is 28.9. The predicted octanol–water partition coefficient (Wildman–Crippen LogP) is 2.21. The number of carbonyl (C=O) groups excluding carboxylic acids is 1. The van der Waals surface area contributed by atoms with Gasteiger partial charge in [0.25, 0.3) is 0 Å². The molecule has 0 aliphatic heterocycles. The Bertz CT molecular complexity index is 1010. The van der Waals surface area contributed by atoms with Gasteiger partial charge in [-0.1, -0.05) is 30.3 Å². The van der Waals surface area contributed by atoms with Gasteiger partial charge in [0.1, 0.15) is 11.1 Å². The van der Waals surface area contributed by atoms with E-state index >= 15 is 0 Å². The maximum Gasteiger partial charge on any atom is 0.347 e. The molecular formula is C16H11NO5S. The molecule has 23 heavy (non-hydrogen) atoms. The van der Waals surface area contributed by atoms with Crippen molar-refractivity contribution in [1.29, 1.82) is 0 Å². The van der Waals surface area contributed by atoms with E-state index in [2.05, 4.69) is 4.72 Å². The van der Waals surface area contributed by atoms with E-state index < -0.39 is 16.5 Å². The van der Waals surface area contributed by atoms with Gasteiger partial charge in [0.05, 0.1) is 5.69 Å². The monoisotopic (exact) mass is 329 g/mol. The lowest BCUT2D eigenvalue weighted by Crippen LogP contribution is -2.09. The van der Waals surface area contributed by atoms with Gasteiger partial charge >= 0.3 is 5.63 Å². The number of aldehydes is 1. The molecule has 1 heterocycles. The van der Waals surface area contributed by atoms with Crippen molar-refractivity contribution >= 4 is 33.8 Å². The van der Waals surface area contributed by atoms with Crippen LogP contribution in [0.4, 0.5) is 5.69 Å². The van der Waals surface area contributed by atoms with Crippen LogP contribution in [0.25, 0.3) is 22.1 Å². The van der Waals surface area contributed by atoms with Crippen LogP contribution in [-0.2, 0) is 10.9 Å². The zero-order chi connectivity index (χ0) is 16.4. The van der Waals surface area contributed by atoms with Crippen LogP contribution in [-0.4, -0.2) is 14.7 Å². The molecule has 7 heteroatoms. The summed E-state index contributed by atoms with van der Waals surface area (Å²) in [6.45, 7) is 0. The zero-order valence-corrected chi connectivity index (χ0v) is 12.6. The first-order valence-corrected chi connectivity index (χ1v) is 7.80. The smallest absolute Gasteiger partial charge is 0.347 e. The van der Waals surface area contributed by atoms with Crippen molar-refractivity contribution < 1.29 is 17.6 Å². The number of rotatable bonds is 4. The van der Waals surface area contributed by atoms with Crippen molar-refractivity contribution in [2.24, 2.45) is 0 Å². The Morgan fingerprint density at radius 1 is 1.04 bits per heavy atom. The molecule has 3 rings (SSSR count). The second kappa shape index (κ2) is 6.05. The molecule has 3 aromatic rings. The Labute approximate surface area is 132 Å². The van der Waals surface area contributed by atoms with Crippen LogP contribution in [0.5, 0.6) is 0 Å². The van der Waals surface area contributed by atoms with Crippen LogP contribution in [0.15, 0.2) is 57.7 Å². The fraction of sp³-hybridized carbons (Fsp3) is 0. The number of hydrogen-bond acceptors (Lipinski definition) is 5. The zero-order valence-electron chi connectivity index (χ0n) is 11.7. The third-order valence-corrected chi connectivity index (χ3v) is 3.78. The summed E-state index contributed by atoms with van der Waals surface area (Å²) in [7, 11) is -2.83. The fourth-order valence-corrected chi connectivity index (χ4v) is 2.76. The van der Waals surface area contributed by atoms with Crippen molar-refractivity contribution in [3.63, 3.8) is 0 Å². The molecule has 0 saturated heterocycles. The van der Waals surface area contributed by atoms with Crippen LogP contribution < -0.4 is 10.3 Å². The van der Waals surface area contributed by atoms with E-state index in [1.165, 1.54) is 12.1 Å². The van der Waals surface area contributed by atoms with Gasteiger partial charge in [-0.15, -0.1) is 0 Å². The number of fused-ring (bicyclic) bond motifs is 1. The van der Waals surface area contributed by atoms with Crippen molar-refractivity contribution in [1.82, 2.24) is 0 Å². The van der Waals surface area contributed by atoms with Gasteiger partial charge in [-0.05, 0) is 17.7 Å². The van der Waals surface area contributed by atoms with Crippen molar-refractivity contribution in [3.8, 4) is 11.1 Å². The highest BCUT2D eigenvalue weighted by atomic mass is 32.2. The molecule has 0 saturated carbocycles. The summed E-state index contributed by atoms with van der Waals surface area (Å²) in [6, 6.07) is 13.5. The lowest BCUT2D eigenvalue weighted by Gasteiger charge is -2.09. The minimum atomic E-state index is -2.83. The number of anilines is 1. The van der Waals surface area contributed by atoms with Gasteiger partial charge in [0.15, 0.2) is 6.29 Å². The van der Waals surface area contributed by atoms with Crippen molar-refractivity contribution in [2.75, 3.05) is 4.72 Å². The Morgan fingerprint density at radius 3 is 2.43 bits per heavy atom. The first kappa shape index (κ1) is 15.0. The van der Waals surface area contributed by atoms with Crippen LogP contribution in [0.2, 0.25) is 0 Å². The molecule has 6 nitrogen and oxygen atoms in total. The SMILES string of the molecule is O=Cc1c(-c2ccccc2)c2ccc(N[SH](=O)=O)cc2oc1=O. The second-order valence-electron chi connectivity index (χ2n) is 4.74. The topological polar surface area (TPSA) is 93.4 Å². The average molecular weight is 329 g/mol. The molecule has 0 radical (unpaired) electrons. The van der Waals surface area contributed by atoms with E-state index in [0.717, 1.165) is 0 Å². The molecule has 0 aliphatic carbocycles. The van der Waals surface area contributed by atoms with E-state index in [9.17, 15) is 18.0 Å². The fourth-order valence-electron chi connectivity index (χ4n) is 2.41. The molecular weight excluding hydrogens is 318 g/mol. The lowest BCUT2D eigenvalue weighted by molar-refractivity contribution is 0.112. The van der Waals surface area contributed by atoms with Crippen LogP contribution >= 0.6 is 0 Å². The molecule has 0 spiro atoms. The summed E-state index contributed by atoms with van der Waals surface area (Å²) in [5.41, 5.74) is 0.790. The third-order valence-electron chi connectivity index (χ3n) is 3.34. The Morgan fingerprint density at radius 2 is 1.78 bits per heavy atom. The normalized spacial score (nSPS) is 10.8. The molecule has 0 atom stereocenters. The van der Waals surface area contributed by atoms with E-state index in [-0.39, 0.29) is 16.8 Å². The van der Waals surface area contributed by atoms with Crippen molar-refractivity contribution in [3.05, 3.63) is 64.5 Å².